The molecule has 1 amide bonds. The molecule has 1 aliphatic heterocycles. The maximum absolute atomic E-state index is 13.3. The van der Waals surface area contributed by atoms with E-state index in [-0.39, 0.29) is 11.7 Å². The number of H-pyrrole nitrogens is 1. The van der Waals surface area contributed by atoms with Crippen molar-refractivity contribution in [1.82, 2.24) is 15.2 Å². The van der Waals surface area contributed by atoms with Crippen LogP contribution in [0, 0.1) is 0 Å². The monoisotopic (exact) mass is 450 g/mol. The highest BCUT2D eigenvalue weighted by Crippen LogP contribution is 2.49. The fourth-order valence-corrected chi connectivity index (χ4v) is 5.08. The van der Waals surface area contributed by atoms with Gasteiger partial charge in [0, 0.05) is 20.4 Å². The first-order chi connectivity index (χ1) is 14.7. The van der Waals surface area contributed by atoms with Crippen LogP contribution in [0.25, 0.3) is 11.4 Å². The Kier molecular flexibility index (Phi) is 5.25. The summed E-state index contributed by atoms with van der Waals surface area (Å²) in [6.45, 7) is 0. The maximum Gasteiger partial charge on any atom is 0.242 e. The smallest absolute Gasteiger partial charge is 0.242 e. The lowest BCUT2D eigenvalue weighted by atomic mass is 10.2. The Morgan fingerprint density at radius 1 is 1.00 bits per heavy atom. The molecule has 0 fully saturated rings. The van der Waals surface area contributed by atoms with Crippen molar-refractivity contribution in [2.75, 3.05) is 10.7 Å². The van der Waals surface area contributed by atoms with E-state index >= 15 is 0 Å². The third kappa shape index (κ3) is 3.71. The van der Waals surface area contributed by atoms with Gasteiger partial charge in [0.15, 0.2) is 5.82 Å². The van der Waals surface area contributed by atoms with Crippen LogP contribution in [0.3, 0.4) is 0 Å². The number of benzene rings is 3. The summed E-state index contributed by atoms with van der Waals surface area (Å²) >= 11 is 9.18. The Hall–Kier alpha value is -2.74. The number of rotatable bonds is 4. The van der Waals surface area contributed by atoms with E-state index in [1.165, 1.54) is 11.8 Å². The second kappa shape index (κ2) is 8.18. The number of anilines is 2. The molecule has 30 heavy (non-hydrogen) atoms. The Balaban J connectivity index is 1.39. The molecular weight excluding hydrogens is 436 g/mol. The minimum atomic E-state index is -0.0534. The van der Waals surface area contributed by atoms with Crippen molar-refractivity contribution in [2.45, 2.75) is 14.9 Å². The third-order valence-electron chi connectivity index (χ3n) is 4.57. The van der Waals surface area contributed by atoms with E-state index in [1.807, 2.05) is 72.8 Å². The van der Waals surface area contributed by atoms with Crippen LogP contribution in [0.5, 0.6) is 0 Å². The number of thioether (sulfide) groups is 1. The molecule has 0 atom stereocenters. The Labute approximate surface area is 186 Å². The predicted octanol–water partition coefficient (Wildman–Crippen LogP) is 6.05. The number of carbonyl (C=O) groups is 1. The van der Waals surface area contributed by atoms with Gasteiger partial charge in [0.25, 0.3) is 0 Å². The van der Waals surface area contributed by atoms with Crippen LogP contribution in [0.1, 0.15) is 0 Å². The molecule has 1 aromatic heterocycles. The number of hydrogen-bond acceptors (Lipinski definition) is 5. The van der Waals surface area contributed by atoms with Crippen molar-refractivity contribution in [3.63, 3.8) is 0 Å². The van der Waals surface area contributed by atoms with E-state index in [1.54, 1.807) is 16.7 Å². The summed E-state index contributed by atoms with van der Waals surface area (Å²) in [5.74, 6) is 0.835. The number of nitrogens with one attached hydrogen (secondary N) is 1. The first-order valence-corrected chi connectivity index (χ1v) is 11.4. The molecule has 0 saturated carbocycles. The van der Waals surface area contributed by atoms with Crippen LogP contribution in [-0.4, -0.2) is 26.8 Å². The van der Waals surface area contributed by atoms with E-state index in [4.69, 9.17) is 11.6 Å². The molecule has 3 aromatic carbocycles. The molecule has 0 unspecified atom stereocenters. The second-order valence-electron chi connectivity index (χ2n) is 6.53. The second-order valence-corrected chi connectivity index (χ2v) is 8.99. The van der Waals surface area contributed by atoms with Crippen molar-refractivity contribution in [3.05, 3.63) is 77.8 Å². The van der Waals surface area contributed by atoms with Crippen LogP contribution < -0.4 is 4.90 Å². The number of halogens is 1. The molecule has 1 N–H and O–H groups in total. The lowest BCUT2D eigenvalue weighted by Crippen LogP contribution is -2.30. The van der Waals surface area contributed by atoms with Crippen LogP contribution in [0.4, 0.5) is 11.4 Å². The minimum Gasteiger partial charge on any atom is -0.278 e. The van der Waals surface area contributed by atoms with Crippen LogP contribution in [0.2, 0.25) is 5.02 Å². The van der Waals surface area contributed by atoms with Gasteiger partial charge in [0.2, 0.25) is 11.1 Å². The van der Waals surface area contributed by atoms with Crippen molar-refractivity contribution >= 4 is 52.4 Å². The summed E-state index contributed by atoms with van der Waals surface area (Å²) in [5.41, 5.74) is 2.62. The van der Waals surface area contributed by atoms with Gasteiger partial charge in [-0.3, -0.25) is 14.8 Å². The SMILES string of the molecule is O=C(CSc1n[nH]c(-c2ccccc2)n1)N1c2ccccc2Sc2ccc(Cl)cc21. The zero-order valence-corrected chi connectivity index (χ0v) is 18.0. The molecule has 0 spiro atoms. The Bertz CT molecular complexity index is 1230. The van der Waals surface area contributed by atoms with Crippen molar-refractivity contribution in [1.29, 1.82) is 0 Å². The van der Waals surface area contributed by atoms with Gasteiger partial charge in [-0.15, -0.1) is 5.10 Å². The summed E-state index contributed by atoms with van der Waals surface area (Å²) in [4.78, 5) is 21.6. The normalized spacial score (nSPS) is 12.4. The van der Waals surface area contributed by atoms with Gasteiger partial charge in [-0.2, -0.15) is 0 Å². The topological polar surface area (TPSA) is 61.9 Å². The molecule has 0 bridgehead atoms. The van der Waals surface area contributed by atoms with Gasteiger partial charge in [-0.25, -0.2) is 4.98 Å². The summed E-state index contributed by atoms with van der Waals surface area (Å²) in [6, 6.07) is 23.3. The standard InChI is InChI=1S/C22H15ClN4OS2/c23-15-10-11-19-17(12-15)27(16-8-4-5-9-18(16)30-19)20(28)13-29-22-24-21(25-26-22)14-6-2-1-3-7-14/h1-12H,13H2,(H,24,25,26). The zero-order chi connectivity index (χ0) is 20.5. The van der Waals surface area contributed by atoms with Gasteiger partial charge in [0.05, 0.1) is 17.1 Å². The highest BCUT2D eigenvalue weighted by atomic mass is 35.5. The van der Waals surface area contributed by atoms with Crippen LogP contribution >= 0.6 is 35.1 Å². The molecule has 2 heterocycles. The lowest BCUT2D eigenvalue weighted by molar-refractivity contribution is -0.115. The fourth-order valence-electron chi connectivity index (χ4n) is 3.22. The van der Waals surface area contributed by atoms with E-state index in [2.05, 4.69) is 15.2 Å². The minimum absolute atomic E-state index is 0.0534. The Morgan fingerprint density at radius 2 is 1.77 bits per heavy atom. The van der Waals surface area contributed by atoms with Crippen LogP contribution in [0.15, 0.2) is 87.7 Å². The summed E-state index contributed by atoms with van der Waals surface area (Å²) < 4.78 is 0. The van der Waals surface area contributed by atoms with Crippen LogP contribution in [-0.2, 0) is 4.79 Å². The largest absolute Gasteiger partial charge is 0.278 e. The van der Waals surface area contributed by atoms with E-state index in [0.717, 1.165) is 26.7 Å². The third-order valence-corrected chi connectivity index (χ3v) is 6.77. The number of hydrogen-bond donors (Lipinski definition) is 1. The number of fused-ring (bicyclic) bond motifs is 2. The van der Waals surface area contributed by atoms with Gasteiger partial charge in [0.1, 0.15) is 0 Å². The number of nitrogens with zero attached hydrogens (tertiary/aromatic N) is 3. The predicted molar refractivity (Wildman–Crippen MR) is 122 cm³/mol. The molecule has 0 saturated heterocycles. The molecule has 0 aliphatic carbocycles. The van der Waals surface area contributed by atoms with Gasteiger partial charge in [-0.1, -0.05) is 77.6 Å². The highest BCUT2D eigenvalue weighted by molar-refractivity contribution is 8.00. The molecular formula is C22H15ClN4OS2. The summed E-state index contributed by atoms with van der Waals surface area (Å²) in [6.07, 6.45) is 0. The average molecular weight is 451 g/mol. The molecule has 1 aliphatic rings. The quantitative estimate of drug-likeness (QED) is 0.383. The molecule has 4 aromatic rings. The van der Waals surface area contributed by atoms with E-state index < -0.39 is 0 Å². The average Bonchev–Trinajstić information content (AvgIpc) is 3.26. The van der Waals surface area contributed by atoms with E-state index in [9.17, 15) is 4.79 Å². The van der Waals surface area contributed by atoms with Gasteiger partial charge < -0.3 is 0 Å². The number of aromatic amines is 1. The first kappa shape index (κ1) is 19.2. The van der Waals surface area contributed by atoms with Crippen molar-refractivity contribution in [3.8, 4) is 11.4 Å². The van der Waals surface area contributed by atoms with E-state index in [0.29, 0.717) is 16.0 Å². The number of amides is 1. The summed E-state index contributed by atoms with van der Waals surface area (Å²) in [7, 11) is 0. The number of aromatic nitrogens is 3. The fraction of sp³-hybridized carbons (Fsp3) is 0.0455. The Morgan fingerprint density at radius 3 is 2.63 bits per heavy atom. The first-order valence-electron chi connectivity index (χ1n) is 9.19. The van der Waals surface area contributed by atoms with Gasteiger partial charge >= 0.3 is 0 Å². The van der Waals surface area contributed by atoms with Gasteiger partial charge in [-0.05, 0) is 30.3 Å². The molecule has 5 nitrogen and oxygen atoms in total. The highest BCUT2D eigenvalue weighted by Gasteiger charge is 2.28. The molecule has 0 radical (unpaired) electrons. The molecule has 148 valence electrons. The lowest BCUT2D eigenvalue weighted by Gasteiger charge is -2.31. The summed E-state index contributed by atoms with van der Waals surface area (Å²) in [5, 5.41) is 8.31. The van der Waals surface area contributed by atoms with Crippen molar-refractivity contribution in [2.24, 2.45) is 0 Å². The zero-order valence-electron chi connectivity index (χ0n) is 15.6. The molecule has 8 heteroatoms. The number of carbonyl (C=O) groups excluding carboxylic acids is 1. The maximum atomic E-state index is 13.3. The van der Waals surface area contributed by atoms with Crippen molar-refractivity contribution < 1.29 is 4.79 Å². The number of para-hydroxylation sites is 1. The molecule has 5 rings (SSSR count).